The Labute approximate surface area is 140 Å². The van der Waals surface area contributed by atoms with Crippen molar-refractivity contribution in [1.29, 1.82) is 0 Å². The monoisotopic (exact) mass is 315 g/mol. The standard InChI is InChI=1S/C21H17NO2/c23-16-12-13-22(19-10-3-4-11-21(19)24)20(14-16)18-9-5-7-15-6-1-2-8-17(15)18/h1-13,20,24H,14H2/t20-/m1/s1. The van der Waals surface area contributed by atoms with Crippen molar-refractivity contribution in [2.75, 3.05) is 4.90 Å². The molecule has 0 unspecified atom stereocenters. The molecular weight excluding hydrogens is 298 g/mol. The van der Waals surface area contributed by atoms with Crippen LogP contribution in [-0.2, 0) is 4.79 Å². The molecule has 0 spiro atoms. The smallest absolute Gasteiger partial charge is 0.159 e. The highest BCUT2D eigenvalue weighted by Gasteiger charge is 2.27. The van der Waals surface area contributed by atoms with E-state index in [9.17, 15) is 9.90 Å². The van der Waals surface area contributed by atoms with Crippen LogP contribution < -0.4 is 4.90 Å². The molecule has 0 fully saturated rings. The zero-order valence-electron chi connectivity index (χ0n) is 13.1. The second-order valence-corrected chi connectivity index (χ2v) is 5.97. The highest BCUT2D eigenvalue weighted by atomic mass is 16.3. The minimum absolute atomic E-state index is 0.0969. The lowest BCUT2D eigenvalue weighted by atomic mass is 9.92. The molecule has 3 aromatic rings. The van der Waals surface area contributed by atoms with Gasteiger partial charge in [0.1, 0.15) is 5.75 Å². The molecule has 0 amide bonds. The molecule has 0 bridgehead atoms. The fourth-order valence-electron chi connectivity index (χ4n) is 3.36. The SMILES string of the molecule is O=C1C=CN(c2ccccc2O)[C@@H](c2cccc3ccccc23)C1. The Morgan fingerprint density at radius 1 is 0.917 bits per heavy atom. The van der Waals surface area contributed by atoms with E-state index >= 15 is 0 Å². The summed E-state index contributed by atoms with van der Waals surface area (Å²) in [5, 5.41) is 12.5. The van der Waals surface area contributed by atoms with E-state index in [-0.39, 0.29) is 17.6 Å². The van der Waals surface area contributed by atoms with Crippen molar-refractivity contribution >= 4 is 22.2 Å². The topological polar surface area (TPSA) is 40.5 Å². The maximum atomic E-state index is 12.1. The predicted molar refractivity (Wildman–Crippen MR) is 96.0 cm³/mol. The van der Waals surface area contributed by atoms with Gasteiger partial charge in [-0.2, -0.15) is 0 Å². The van der Waals surface area contributed by atoms with Crippen molar-refractivity contribution < 1.29 is 9.90 Å². The van der Waals surface area contributed by atoms with Gasteiger partial charge in [-0.05, 0) is 34.5 Å². The Hall–Kier alpha value is -3.07. The Morgan fingerprint density at radius 2 is 1.67 bits per heavy atom. The predicted octanol–water partition coefficient (Wildman–Crippen LogP) is 4.58. The number of benzene rings is 3. The van der Waals surface area contributed by atoms with Crippen LogP contribution in [0.1, 0.15) is 18.0 Å². The van der Waals surface area contributed by atoms with Crippen LogP contribution in [0.4, 0.5) is 5.69 Å². The van der Waals surface area contributed by atoms with E-state index in [0.29, 0.717) is 12.1 Å². The van der Waals surface area contributed by atoms with Crippen molar-refractivity contribution in [3.05, 3.63) is 84.6 Å². The molecule has 0 radical (unpaired) electrons. The van der Waals surface area contributed by atoms with Crippen molar-refractivity contribution in [2.24, 2.45) is 0 Å². The van der Waals surface area contributed by atoms with E-state index in [1.54, 1.807) is 24.4 Å². The molecule has 1 aliphatic heterocycles. The van der Waals surface area contributed by atoms with Crippen LogP contribution >= 0.6 is 0 Å². The zero-order valence-corrected chi connectivity index (χ0v) is 13.1. The first kappa shape index (κ1) is 14.5. The summed E-state index contributed by atoms with van der Waals surface area (Å²) >= 11 is 0. The van der Waals surface area contributed by atoms with Crippen LogP contribution in [0.2, 0.25) is 0 Å². The van der Waals surface area contributed by atoms with Crippen molar-refractivity contribution in [1.82, 2.24) is 0 Å². The Kier molecular flexibility index (Phi) is 3.54. The zero-order chi connectivity index (χ0) is 16.5. The van der Waals surface area contributed by atoms with E-state index in [2.05, 4.69) is 24.3 Å². The number of nitrogens with zero attached hydrogens (tertiary/aromatic N) is 1. The fourth-order valence-corrected chi connectivity index (χ4v) is 3.36. The number of fused-ring (bicyclic) bond motifs is 1. The highest BCUT2D eigenvalue weighted by molar-refractivity contribution is 5.94. The van der Waals surface area contributed by atoms with Gasteiger partial charge in [0.2, 0.25) is 0 Å². The maximum absolute atomic E-state index is 12.1. The first-order valence-electron chi connectivity index (χ1n) is 7.99. The number of carbonyl (C=O) groups excluding carboxylic acids is 1. The summed E-state index contributed by atoms with van der Waals surface area (Å²) in [6, 6.07) is 21.4. The summed E-state index contributed by atoms with van der Waals surface area (Å²) in [6.45, 7) is 0. The summed E-state index contributed by atoms with van der Waals surface area (Å²) in [4.78, 5) is 14.1. The summed E-state index contributed by atoms with van der Waals surface area (Å²) in [6.07, 6.45) is 3.74. The number of allylic oxidation sites excluding steroid dienone is 1. The third-order valence-corrected chi connectivity index (χ3v) is 4.49. The van der Waals surface area contributed by atoms with Gasteiger partial charge in [-0.1, -0.05) is 54.6 Å². The van der Waals surface area contributed by atoms with Gasteiger partial charge in [-0.25, -0.2) is 0 Å². The molecule has 1 N–H and O–H groups in total. The van der Waals surface area contributed by atoms with Crippen molar-refractivity contribution in [2.45, 2.75) is 12.5 Å². The number of rotatable bonds is 2. The van der Waals surface area contributed by atoms with Crippen LogP contribution in [0.15, 0.2) is 79.0 Å². The lowest BCUT2D eigenvalue weighted by molar-refractivity contribution is -0.115. The van der Waals surface area contributed by atoms with Crippen molar-refractivity contribution in [3.8, 4) is 5.75 Å². The van der Waals surface area contributed by atoms with E-state index in [4.69, 9.17) is 0 Å². The first-order valence-corrected chi connectivity index (χ1v) is 7.99. The van der Waals surface area contributed by atoms with Gasteiger partial charge in [0.25, 0.3) is 0 Å². The normalized spacial score (nSPS) is 17.4. The molecule has 1 heterocycles. The average molecular weight is 315 g/mol. The molecule has 1 atom stereocenters. The van der Waals surface area contributed by atoms with Crippen LogP contribution in [0.3, 0.4) is 0 Å². The summed E-state index contributed by atoms with van der Waals surface area (Å²) in [5.74, 6) is 0.307. The Balaban J connectivity index is 1.89. The largest absolute Gasteiger partial charge is 0.506 e. The number of phenolic OH excluding ortho intramolecular Hbond substituents is 1. The van der Waals surface area contributed by atoms with Gasteiger partial charge in [0, 0.05) is 12.6 Å². The molecule has 4 rings (SSSR count). The maximum Gasteiger partial charge on any atom is 0.159 e. The number of hydrogen-bond acceptors (Lipinski definition) is 3. The van der Waals surface area contributed by atoms with Crippen LogP contribution in [-0.4, -0.2) is 10.9 Å². The molecule has 0 aromatic heterocycles. The fraction of sp³-hybridized carbons (Fsp3) is 0.0952. The van der Waals surface area contributed by atoms with Gasteiger partial charge < -0.3 is 10.0 Å². The molecule has 24 heavy (non-hydrogen) atoms. The minimum Gasteiger partial charge on any atom is -0.506 e. The van der Waals surface area contributed by atoms with E-state index in [1.807, 2.05) is 35.2 Å². The molecular formula is C21H17NO2. The number of phenols is 1. The van der Waals surface area contributed by atoms with Crippen LogP contribution in [0.25, 0.3) is 10.8 Å². The summed E-state index contributed by atoms with van der Waals surface area (Å²) in [5.41, 5.74) is 1.80. The Bertz CT molecular complexity index is 940. The van der Waals surface area contributed by atoms with Gasteiger partial charge in [0.05, 0.1) is 11.7 Å². The lowest BCUT2D eigenvalue weighted by Gasteiger charge is -2.34. The number of anilines is 1. The summed E-state index contributed by atoms with van der Waals surface area (Å²) < 4.78 is 0. The first-order chi connectivity index (χ1) is 11.7. The molecule has 0 aliphatic carbocycles. The minimum atomic E-state index is -0.137. The van der Waals surface area contributed by atoms with Gasteiger partial charge in [0.15, 0.2) is 5.78 Å². The third-order valence-electron chi connectivity index (χ3n) is 4.49. The molecule has 1 aliphatic rings. The molecule has 3 nitrogen and oxygen atoms in total. The third kappa shape index (κ3) is 2.44. The number of hydrogen-bond donors (Lipinski definition) is 1. The van der Waals surface area contributed by atoms with E-state index in [1.165, 1.54) is 0 Å². The highest BCUT2D eigenvalue weighted by Crippen LogP contribution is 2.39. The number of aromatic hydroxyl groups is 1. The van der Waals surface area contributed by atoms with E-state index in [0.717, 1.165) is 16.3 Å². The van der Waals surface area contributed by atoms with Crippen LogP contribution in [0.5, 0.6) is 5.75 Å². The van der Waals surface area contributed by atoms with E-state index < -0.39 is 0 Å². The van der Waals surface area contributed by atoms with Gasteiger partial charge in [-0.3, -0.25) is 4.79 Å². The number of para-hydroxylation sites is 2. The number of ketones is 1. The molecule has 3 heteroatoms. The van der Waals surface area contributed by atoms with Gasteiger partial charge >= 0.3 is 0 Å². The quantitative estimate of drug-likeness (QED) is 0.752. The van der Waals surface area contributed by atoms with Crippen molar-refractivity contribution in [3.63, 3.8) is 0 Å². The molecule has 0 saturated carbocycles. The average Bonchev–Trinajstić information content (AvgIpc) is 2.62. The molecule has 0 saturated heterocycles. The Morgan fingerprint density at radius 3 is 2.54 bits per heavy atom. The second kappa shape index (κ2) is 5.85. The molecule has 3 aromatic carbocycles. The molecule has 118 valence electrons. The second-order valence-electron chi connectivity index (χ2n) is 5.97. The van der Waals surface area contributed by atoms with Gasteiger partial charge in [-0.15, -0.1) is 0 Å². The lowest BCUT2D eigenvalue weighted by Crippen LogP contribution is -2.29. The van der Waals surface area contributed by atoms with Crippen LogP contribution in [0, 0.1) is 0 Å². The summed E-state index contributed by atoms with van der Waals surface area (Å²) in [7, 11) is 0. The number of carbonyl (C=O) groups is 1.